The van der Waals surface area contributed by atoms with E-state index in [0.717, 1.165) is 24.3 Å². The van der Waals surface area contributed by atoms with Gasteiger partial charge in [-0.1, -0.05) is 44.4 Å². The third kappa shape index (κ3) is 4.48. The zero-order valence-electron chi connectivity index (χ0n) is 15.0. The average Bonchev–Trinajstić information content (AvgIpc) is 3.25. The molecule has 0 bridgehead atoms. The Morgan fingerprint density at radius 3 is 2.56 bits per heavy atom. The van der Waals surface area contributed by atoms with Crippen LogP contribution >= 0.6 is 11.3 Å². The highest BCUT2D eigenvalue weighted by atomic mass is 32.1. The van der Waals surface area contributed by atoms with Gasteiger partial charge in [0.2, 0.25) is 11.0 Å². The van der Waals surface area contributed by atoms with Gasteiger partial charge in [0.15, 0.2) is 0 Å². The van der Waals surface area contributed by atoms with Crippen molar-refractivity contribution < 1.29 is 9.59 Å². The van der Waals surface area contributed by atoms with Crippen LogP contribution < -0.4 is 10.6 Å². The first kappa shape index (κ1) is 18.1. The van der Waals surface area contributed by atoms with Gasteiger partial charge in [-0.05, 0) is 25.7 Å². The largest absolute Gasteiger partial charge is 0.335 e. The van der Waals surface area contributed by atoms with Crippen molar-refractivity contribution in [2.45, 2.75) is 76.8 Å². The van der Waals surface area contributed by atoms with E-state index in [-0.39, 0.29) is 23.9 Å². The molecule has 1 atom stereocenters. The Bertz CT molecular complexity index is 612. The molecular formula is C17H27N5O2S. The summed E-state index contributed by atoms with van der Waals surface area (Å²) in [7, 11) is 0. The summed E-state index contributed by atoms with van der Waals surface area (Å²) in [6.07, 6.45) is 7.22. The molecule has 2 heterocycles. The normalized spacial score (nSPS) is 21.6. The zero-order valence-corrected chi connectivity index (χ0v) is 15.8. The van der Waals surface area contributed by atoms with E-state index in [1.807, 2.05) is 13.8 Å². The Morgan fingerprint density at radius 1 is 1.12 bits per heavy atom. The van der Waals surface area contributed by atoms with Gasteiger partial charge >= 0.3 is 6.03 Å². The molecule has 0 radical (unpaired) electrons. The topological polar surface area (TPSA) is 87.2 Å². The molecule has 1 saturated carbocycles. The highest BCUT2D eigenvalue weighted by molar-refractivity contribution is 7.15. The Morgan fingerprint density at radius 2 is 1.88 bits per heavy atom. The van der Waals surface area contributed by atoms with Gasteiger partial charge < -0.3 is 10.2 Å². The third-order valence-corrected chi connectivity index (χ3v) is 6.05. The first-order valence-electron chi connectivity index (χ1n) is 9.26. The van der Waals surface area contributed by atoms with Crippen LogP contribution in [0.5, 0.6) is 0 Å². The van der Waals surface area contributed by atoms with Gasteiger partial charge in [-0.3, -0.25) is 10.1 Å². The second-order valence-corrected chi connectivity index (χ2v) is 8.23. The minimum Gasteiger partial charge on any atom is -0.335 e. The number of nitrogens with zero attached hydrogens (tertiary/aromatic N) is 3. The van der Waals surface area contributed by atoms with E-state index >= 15 is 0 Å². The molecule has 25 heavy (non-hydrogen) atoms. The molecular weight excluding hydrogens is 338 g/mol. The molecule has 1 saturated heterocycles. The summed E-state index contributed by atoms with van der Waals surface area (Å²) in [5.74, 6) is 0.121. The van der Waals surface area contributed by atoms with Crippen LogP contribution in [0, 0.1) is 0 Å². The monoisotopic (exact) mass is 365 g/mol. The Hall–Kier alpha value is -1.70. The Labute approximate surface area is 152 Å². The summed E-state index contributed by atoms with van der Waals surface area (Å²) >= 11 is 1.39. The van der Waals surface area contributed by atoms with Gasteiger partial charge in [-0.2, -0.15) is 0 Å². The van der Waals surface area contributed by atoms with E-state index in [0.29, 0.717) is 18.1 Å². The molecule has 2 N–H and O–H groups in total. The quantitative estimate of drug-likeness (QED) is 0.858. The molecule has 3 rings (SSSR count). The van der Waals surface area contributed by atoms with Gasteiger partial charge in [0.05, 0.1) is 0 Å². The maximum atomic E-state index is 12.6. The maximum Gasteiger partial charge on any atom is 0.318 e. The molecule has 0 spiro atoms. The van der Waals surface area contributed by atoms with Crippen LogP contribution in [0.2, 0.25) is 0 Å². The van der Waals surface area contributed by atoms with Crippen LogP contribution in [0.3, 0.4) is 0 Å². The van der Waals surface area contributed by atoms with Crippen molar-refractivity contribution >= 4 is 28.4 Å². The smallest absolute Gasteiger partial charge is 0.318 e. The van der Waals surface area contributed by atoms with Crippen LogP contribution in [0.25, 0.3) is 0 Å². The highest BCUT2D eigenvalue weighted by Gasteiger charge is 2.35. The molecule has 0 aromatic carbocycles. The summed E-state index contributed by atoms with van der Waals surface area (Å²) in [4.78, 5) is 26.9. The van der Waals surface area contributed by atoms with E-state index < -0.39 is 6.04 Å². The predicted molar refractivity (Wildman–Crippen MR) is 97.8 cm³/mol. The van der Waals surface area contributed by atoms with Gasteiger partial charge in [0, 0.05) is 18.5 Å². The molecule has 1 aliphatic carbocycles. The average molecular weight is 366 g/mol. The van der Waals surface area contributed by atoms with E-state index in [2.05, 4.69) is 20.8 Å². The zero-order chi connectivity index (χ0) is 17.8. The molecule has 3 amide bonds. The summed E-state index contributed by atoms with van der Waals surface area (Å²) in [5.41, 5.74) is 0. The minimum absolute atomic E-state index is 0.107. The first-order valence-corrected chi connectivity index (χ1v) is 10.1. The number of amides is 3. The van der Waals surface area contributed by atoms with Crippen LogP contribution in [0.1, 0.15) is 69.7 Å². The van der Waals surface area contributed by atoms with Crippen LogP contribution in [0.15, 0.2) is 0 Å². The molecule has 8 heteroatoms. The number of nitrogens with one attached hydrogen (secondary N) is 2. The van der Waals surface area contributed by atoms with Crippen molar-refractivity contribution in [1.29, 1.82) is 0 Å². The van der Waals surface area contributed by atoms with Gasteiger partial charge in [-0.15, -0.1) is 10.2 Å². The van der Waals surface area contributed by atoms with E-state index in [4.69, 9.17) is 0 Å². The van der Waals surface area contributed by atoms with E-state index in [1.165, 1.54) is 30.6 Å². The number of likely N-dealkylation sites (tertiary alicyclic amines) is 1. The minimum atomic E-state index is -0.421. The number of hydrogen-bond acceptors (Lipinski definition) is 5. The van der Waals surface area contributed by atoms with Crippen molar-refractivity contribution in [1.82, 2.24) is 20.4 Å². The molecule has 0 unspecified atom stereocenters. The van der Waals surface area contributed by atoms with E-state index in [9.17, 15) is 9.59 Å². The predicted octanol–water partition coefficient (Wildman–Crippen LogP) is 3.11. The van der Waals surface area contributed by atoms with E-state index in [1.54, 1.807) is 4.90 Å². The lowest BCUT2D eigenvalue weighted by Crippen LogP contribution is -2.50. The molecule has 1 aromatic heterocycles. The van der Waals surface area contributed by atoms with Crippen molar-refractivity contribution in [2.24, 2.45) is 0 Å². The van der Waals surface area contributed by atoms with Gasteiger partial charge in [0.1, 0.15) is 11.0 Å². The number of carbonyl (C=O) groups excluding carboxylic acids is 2. The van der Waals surface area contributed by atoms with Crippen molar-refractivity contribution in [2.75, 3.05) is 11.9 Å². The van der Waals surface area contributed by atoms with Crippen molar-refractivity contribution in [3.05, 3.63) is 5.01 Å². The maximum absolute atomic E-state index is 12.6. The SMILES string of the molecule is CC(C)c1nnc(NC(=O)[C@H]2CCCN2C(=O)NC2CCCCC2)s1. The summed E-state index contributed by atoms with van der Waals surface area (Å²) in [5, 5.41) is 15.5. The highest BCUT2D eigenvalue weighted by Crippen LogP contribution is 2.25. The lowest BCUT2D eigenvalue weighted by atomic mass is 9.96. The second-order valence-electron chi connectivity index (χ2n) is 7.23. The van der Waals surface area contributed by atoms with Gasteiger partial charge in [-0.25, -0.2) is 4.79 Å². The molecule has 7 nitrogen and oxygen atoms in total. The molecule has 1 aliphatic heterocycles. The molecule has 138 valence electrons. The number of carbonyl (C=O) groups is 2. The number of aromatic nitrogens is 2. The van der Waals surface area contributed by atoms with Gasteiger partial charge in [0.25, 0.3) is 0 Å². The van der Waals surface area contributed by atoms with Crippen LogP contribution in [0.4, 0.5) is 9.93 Å². The Balaban J connectivity index is 1.57. The second kappa shape index (κ2) is 8.12. The number of anilines is 1. The van der Waals surface area contributed by atoms with Crippen LogP contribution in [-0.4, -0.2) is 45.7 Å². The lowest BCUT2D eigenvalue weighted by molar-refractivity contribution is -0.119. The Kier molecular flexibility index (Phi) is 5.88. The number of hydrogen-bond donors (Lipinski definition) is 2. The lowest BCUT2D eigenvalue weighted by Gasteiger charge is -2.28. The standard InChI is InChI=1S/C17H27N5O2S/c1-11(2)15-20-21-16(25-15)19-14(23)13-9-6-10-22(13)17(24)18-12-7-4-3-5-8-12/h11-13H,3-10H2,1-2H3,(H,18,24)(H,19,21,23)/t13-/m1/s1. The molecule has 2 fully saturated rings. The summed E-state index contributed by atoms with van der Waals surface area (Å²) < 4.78 is 0. The molecule has 2 aliphatic rings. The van der Waals surface area contributed by atoms with Crippen molar-refractivity contribution in [3.63, 3.8) is 0 Å². The fourth-order valence-corrected chi connectivity index (χ4v) is 4.24. The fourth-order valence-electron chi connectivity index (χ4n) is 3.49. The van der Waals surface area contributed by atoms with Crippen LogP contribution in [-0.2, 0) is 4.79 Å². The fraction of sp³-hybridized carbons (Fsp3) is 0.765. The first-order chi connectivity index (χ1) is 12.0. The number of rotatable bonds is 4. The third-order valence-electron chi connectivity index (χ3n) is 4.91. The van der Waals surface area contributed by atoms with Crippen molar-refractivity contribution in [3.8, 4) is 0 Å². The summed E-state index contributed by atoms with van der Waals surface area (Å²) in [6.45, 7) is 4.71. The molecule has 1 aromatic rings. The summed E-state index contributed by atoms with van der Waals surface area (Å²) in [6, 6.07) is -0.276. The number of urea groups is 1.